The summed E-state index contributed by atoms with van der Waals surface area (Å²) < 4.78 is 0. The van der Waals surface area contributed by atoms with Crippen molar-refractivity contribution in [2.24, 2.45) is 11.8 Å². The Balaban J connectivity index is 1.22. The van der Waals surface area contributed by atoms with Crippen LogP contribution in [-0.2, 0) is 20.9 Å². The molecule has 1 aromatic rings. The molecule has 3 amide bonds. The van der Waals surface area contributed by atoms with E-state index in [1.807, 2.05) is 6.07 Å². The molecule has 28 heavy (non-hydrogen) atoms. The summed E-state index contributed by atoms with van der Waals surface area (Å²) in [5.74, 6) is -0.422. The fraction of sp³-hybridized carbons (Fsp3) is 0.591. The molecule has 150 valence electrons. The average molecular weight is 385 g/mol. The van der Waals surface area contributed by atoms with Crippen LogP contribution in [0.25, 0.3) is 0 Å². The molecule has 2 aliphatic heterocycles. The number of amides is 3. The van der Waals surface area contributed by atoms with E-state index in [1.165, 1.54) is 15.4 Å². The first-order valence-electron chi connectivity index (χ1n) is 10.6. The maximum Gasteiger partial charge on any atom is 0.233 e. The molecule has 2 N–H and O–H groups in total. The first kappa shape index (κ1) is 19.1. The third-order valence-electron chi connectivity index (χ3n) is 6.54. The minimum atomic E-state index is -0.130. The van der Waals surface area contributed by atoms with Gasteiger partial charge in [-0.05, 0) is 12.8 Å². The number of nitrogens with zero attached hydrogens (tertiary/aromatic N) is 1. The Kier molecular flexibility index (Phi) is 5.76. The molecule has 0 aromatic heterocycles. The molecule has 1 aliphatic carbocycles. The van der Waals surface area contributed by atoms with Gasteiger partial charge >= 0.3 is 0 Å². The molecule has 6 nitrogen and oxygen atoms in total. The summed E-state index contributed by atoms with van der Waals surface area (Å²) in [7, 11) is 0. The first-order chi connectivity index (χ1) is 13.6. The predicted octanol–water partition coefficient (Wildman–Crippen LogP) is 0.525. The van der Waals surface area contributed by atoms with Gasteiger partial charge in [0.05, 0.1) is 31.0 Å². The lowest BCUT2D eigenvalue weighted by molar-refractivity contribution is -0.901. The molecule has 2 saturated heterocycles. The average Bonchev–Trinajstić information content (AvgIpc) is 3.24. The van der Waals surface area contributed by atoms with Crippen molar-refractivity contribution in [3.63, 3.8) is 0 Å². The standard InChI is InChI=1S/C22H29N3O3/c26-20(11-13-25-21(27)18-8-4-5-9-19(18)22(25)28)23-17-10-12-24(15-17)14-16-6-2-1-3-7-16/h1-3,6-7,17-19H,4-5,8-15H2,(H,23,26)/p+1/t17-,18-,19+/m0/s1. The van der Waals surface area contributed by atoms with Crippen molar-refractivity contribution in [1.82, 2.24) is 10.2 Å². The highest BCUT2D eigenvalue weighted by atomic mass is 16.2. The van der Waals surface area contributed by atoms with Crippen LogP contribution in [-0.4, -0.2) is 48.3 Å². The summed E-state index contributed by atoms with van der Waals surface area (Å²) in [6.45, 7) is 3.18. The van der Waals surface area contributed by atoms with Crippen LogP contribution in [0, 0.1) is 11.8 Å². The van der Waals surface area contributed by atoms with Gasteiger partial charge in [-0.25, -0.2) is 0 Å². The predicted molar refractivity (Wildman–Crippen MR) is 104 cm³/mol. The lowest BCUT2D eigenvalue weighted by atomic mass is 9.81. The third kappa shape index (κ3) is 4.12. The minimum Gasteiger partial charge on any atom is -0.347 e. The second-order valence-electron chi connectivity index (χ2n) is 8.50. The molecular weight excluding hydrogens is 354 g/mol. The fourth-order valence-electron chi connectivity index (χ4n) is 5.06. The number of hydrogen-bond acceptors (Lipinski definition) is 3. The van der Waals surface area contributed by atoms with E-state index in [0.717, 1.165) is 51.7 Å². The van der Waals surface area contributed by atoms with Crippen molar-refractivity contribution in [2.75, 3.05) is 19.6 Å². The normalized spacial score (nSPS) is 29.8. The van der Waals surface area contributed by atoms with E-state index >= 15 is 0 Å². The van der Waals surface area contributed by atoms with Crippen LogP contribution < -0.4 is 10.2 Å². The van der Waals surface area contributed by atoms with E-state index in [1.54, 1.807) is 0 Å². The summed E-state index contributed by atoms with van der Waals surface area (Å²) in [5, 5.41) is 3.10. The molecule has 4 atom stereocenters. The SMILES string of the molecule is O=C(CCN1C(=O)[C@H]2CCCC[C@H]2C1=O)N[C@H]1CC[NH+](Cc2ccccc2)C1. The Morgan fingerprint density at radius 2 is 1.71 bits per heavy atom. The van der Waals surface area contributed by atoms with Crippen LogP contribution in [0.2, 0.25) is 0 Å². The highest BCUT2D eigenvalue weighted by Gasteiger charge is 2.47. The summed E-state index contributed by atoms with van der Waals surface area (Å²) in [6, 6.07) is 10.6. The quantitative estimate of drug-likeness (QED) is 0.703. The lowest BCUT2D eigenvalue weighted by Gasteiger charge is -2.19. The molecule has 3 fully saturated rings. The Morgan fingerprint density at radius 1 is 1.04 bits per heavy atom. The summed E-state index contributed by atoms with van der Waals surface area (Å²) in [5.41, 5.74) is 1.32. The van der Waals surface area contributed by atoms with Crippen molar-refractivity contribution in [3.8, 4) is 0 Å². The topological polar surface area (TPSA) is 70.9 Å². The van der Waals surface area contributed by atoms with Crippen LogP contribution >= 0.6 is 0 Å². The number of quaternary nitrogens is 1. The second kappa shape index (κ2) is 8.43. The summed E-state index contributed by atoms with van der Waals surface area (Å²) >= 11 is 0. The van der Waals surface area contributed by atoms with Crippen molar-refractivity contribution < 1.29 is 19.3 Å². The van der Waals surface area contributed by atoms with Gasteiger partial charge in [0.25, 0.3) is 0 Å². The highest BCUT2D eigenvalue weighted by molar-refractivity contribution is 6.05. The second-order valence-corrected chi connectivity index (χ2v) is 8.50. The van der Waals surface area contributed by atoms with Crippen LogP contribution in [0.4, 0.5) is 0 Å². The van der Waals surface area contributed by atoms with E-state index < -0.39 is 0 Å². The maximum absolute atomic E-state index is 12.5. The molecule has 4 rings (SSSR count). The number of fused-ring (bicyclic) bond motifs is 1. The van der Waals surface area contributed by atoms with Crippen LogP contribution in [0.5, 0.6) is 0 Å². The van der Waals surface area contributed by atoms with Gasteiger partial charge in [-0.3, -0.25) is 19.3 Å². The van der Waals surface area contributed by atoms with Gasteiger partial charge in [-0.2, -0.15) is 0 Å². The van der Waals surface area contributed by atoms with E-state index in [4.69, 9.17) is 0 Å². The van der Waals surface area contributed by atoms with E-state index in [9.17, 15) is 14.4 Å². The Hall–Kier alpha value is -2.21. The highest BCUT2D eigenvalue weighted by Crippen LogP contribution is 2.37. The van der Waals surface area contributed by atoms with Crippen LogP contribution in [0.1, 0.15) is 44.1 Å². The van der Waals surface area contributed by atoms with Gasteiger partial charge in [0, 0.05) is 24.9 Å². The van der Waals surface area contributed by atoms with Gasteiger partial charge in [0.2, 0.25) is 17.7 Å². The monoisotopic (exact) mass is 384 g/mol. The Bertz CT molecular complexity index is 712. The van der Waals surface area contributed by atoms with E-state index in [2.05, 4.69) is 29.6 Å². The minimum absolute atomic E-state index is 0.0538. The zero-order valence-corrected chi connectivity index (χ0v) is 16.4. The molecule has 1 unspecified atom stereocenters. The first-order valence-corrected chi connectivity index (χ1v) is 10.6. The molecule has 0 spiro atoms. The molecule has 1 saturated carbocycles. The van der Waals surface area contributed by atoms with E-state index in [-0.39, 0.29) is 48.6 Å². The van der Waals surface area contributed by atoms with Crippen LogP contribution in [0.3, 0.4) is 0 Å². The number of imide groups is 1. The molecule has 6 heteroatoms. The lowest BCUT2D eigenvalue weighted by Crippen LogP contribution is -3.09. The van der Waals surface area contributed by atoms with Crippen molar-refractivity contribution in [1.29, 1.82) is 0 Å². The number of likely N-dealkylation sites (tertiary alicyclic amines) is 2. The molecule has 2 heterocycles. The molecule has 0 bridgehead atoms. The zero-order valence-electron chi connectivity index (χ0n) is 16.4. The van der Waals surface area contributed by atoms with Crippen molar-refractivity contribution >= 4 is 17.7 Å². The number of carbonyl (C=O) groups is 3. The zero-order chi connectivity index (χ0) is 19.5. The van der Waals surface area contributed by atoms with Gasteiger partial charge < -0.3 is 10.2 Å². The van der Waals surface area contributed by atoms with E-state index in [0.29, 0.717) is 0 Å². The third-order valence-corrected chi connectivity index (χ3v) is 6.54. The van der Waals surface area contributed by atoms with Crippen molar-refractivity contribution in [2.45, 2.75) is 51.1 Å². The fourth-order valence-corrected chi connectivity index (χ4v) is 5.06. The Labute approximate surface area is 166 Å². The smallest absolute Gasteiger partial charge is 0.233 e. The van der Waals surface area contributed by atoms with Crippen molar-refractivity contribution in [3.05, 3.63) is 35.9 Å². The Morgan fingerprint density at radius 3 is 2.39 bits per heavy atom. The van der Waals surface area contributed by atoms with Crippen LogP contribution in [0.15, 0.2) is 30.3 Å². The van der Waals surface area contributed by atoms with Gasteiger partial charge in [-0.15, -0.1) is 0 Å². The number of nitrogens with one attached hydrogen (secondary N) is 2. The number of rotatable bonds is 6. The summed E-state index contributed by atoms with van der Waals surface area (Å²) in [6.07, 6.45) is 4.87. The largest absolute Gasteiger partial charge is 0.347 e. The molecule has 3 aliphatic rings. The molecule has 0 radical (unpaired) electrons. The maximum atomic E-state index is 12.5. The summed E-state index contributed by atoms with van der Waals surface area (Å²) in [4.78, 5) is 40.2. The molecule has 1 aromatic carbocycles. The van der Waals surface area contributed by atoms with Gasteiger partial charge in [-0.1, -0.05) is 43.2 Å². The molecular formula is C22H30N3O3+. The number of carbonyl (C=O) groups excluding carboxylic acids is 3. The number of hydrogen-bond donors (Lipinski definition) is 2. The number of benzene rings is 1. The van der Waals surface area contributed by atoms with Gasteiger partial charge in [0.15, 0.2) is 0 Å². The van der Waals surface area contributed by atoms with Gasteiger partial charge in [0.1, 0.15) is 6.54 Å².